The van der Waals surface area contributed by atoms with Crippen LogP contribution in [0.2, 0.25) is 0 Å². The van der Waals surface area contributed by atoms with Gasteiger partial charge in [-0.25, -0.2) is 0 Å². The summed E-state index contributed by atoms with van der Waals surface area (Å²) in [4.78, 5) is 25.8. The molecule has 28 heavy (non-hydrogen) atoms. The third-order valence-corrected chi connectivity index (χ3v) is 5.25. The number of benzene rings is 1. The highest BCUT2D eigenvalue weighted by Crippen LogP contribution is 2.40. The minimum absolute atomic E-state index is 0.0969. The van der Waals surface area contributed by atoms with E-state index in [-0.39, 0.29) is 12.4 Å². The van der Waals surface area contributed by atoms with Crippen molar-refractivity contribution in [2.75, 3.05) is 6.61 Å². The zero-order chi connectivity index (χ0) is 20.0. The van der Waals surface area contributed by atoms with Crippen LogP contribution in [0.5, 0.6) is 5.75 Å². The molecule has 0 saturated heterocycles. The largest absolute Gasteiger partial charge is 0.491 e. The summed E-state index contributed by atoms with van der Waals surface area (Å²) in [6.45, 7) is 2.33. The Bertz CT molecular complexity index is 941. The topological polar surface area (TPSA) is 88.5 Å². The van der Waals surface area contributed by atoms with E-state index in [1.165, 1.54) is 16.9 Å². The number of aromatic nitrogens is 1. The van der Waals surface area contributed by atoms with Crippen molar-refractivity contribution in [3.63, 3.8) is 0 Å². The van der Waals surface area contributed by atoms with Crippen LogP contribution in [-0.2, 0) is 10.3 Å². The van der Waals surface area contributed by atoms with Gasteiger partial charge in [0.2, 0.25) is 0 Å². The molecule has 7 heteroatoms. The number of ether oxygens (including phenoxy) is 1. The number of amides is 1. The molecule has 0 unspecified atom stereocenters. The van der Waals surface area contributed by atoms with E-state index in [4.69, 9.17) is 14.6 Å². The predicted molar refractivity (Wildman–Crippen MR) is 107 cm³/mol. The molecule has 144 valence electrons. The molecule has 2 N–H and O–H groups in total. The zero-order valence-corrected chi connectivity index (χ0v) is 16.1. The van der Waals surface area contributed by atoms with Crippen molar-refractivity contribution >= 4 is 23.7 Å². The summed E-state index contributed by atoms with van der Waals surface area (Å²) in [5, 5.41) is 13.9. The molecule has 1 aromatic carbocycles. The van der Waals surface area contributed by atoms with Crippen molar-refractivity contribution < 1.29 is 19.4 Å². The maximum atomic E-state index is 12.9. The Balaban J connectivity index is 0.000000706. The molecule has 1 atom stereocenters. The maximum absolute atomic E-state index is 12.9. The van der Waals surface area contributed by atoms with Crippen LogP contribution < -0.4 is 10.1 Å². The molecule has 0 aliphatic carbocycles. The number of hydrogen-bond acceptors (Lipinski definition) is 5. The van der Waals surface area contributed by atoms with E-state index < -0.39 is 5.54 Å². The number of carboxylic acid groups (broad SMARTS) is 1. The second-order valence-electron chi connectivity index (χ2n) is 6.29. The van der Waals surface area contributed by atoms with Gasteiger partial charge in [-0.2, -0.15) is 11.3 Å². The number of fused-ring (bicyclic) bond motifs is 1. The highest BCUT2D eigenvalue weighted by Gasteiger charge is 2.42. The summed E-state index contributed by atoms with van der Waals surface area (Å²) in [5.41, 5.74) is 2.93. The number of nitrogens with zero attached hydrogens (tertiary/aromatic N) is 1. The van der Waals surface area contributed by atoms with Gasteiger partial charge in [-0.3, -0.25) is 14.6 Å². The van der Waals surface area contributed by atoms with Gasteiger partial charge in [0.15, 0.2) is 0 Å². The van der Waals surface area contributed by atoms with E-state index in [0.717, 1.165) is 17.0 Å². The van der Waals surface area contributed by atoms with Crippen molar-refractivity contribution in [1.82, 2.24) is 10.3 Å². The molecule has 1 aliphatic rings. The summed E-state index contributed by atoms with van der Waals surface area (Å²) in [6.07, 6.45) is 2.38. The number of carbonyl (C=O) groups is 2. The molecule has 3 heterocycles. The number of thiophene rings is 1. The Morgan fingerprint density at radius 2 is 2.04 bits per heavy atom. The van der Waals surface area contributed by atoms with Gasteiger partial charge in [0.05, 0.1) is 12.2 Å². The lowest BCUT2D eigenvalue weighted by Gasteiger charge is -2.39. The summed E-state index contributed by atoms with van der Waals surface area (Å²) in [6, 6.07) is 13.8. The van der Waals surface area contributed by atoms with E-state index in [1.807, 2.05) is 29.0 Å². The molecule has 0 fully saturated rings. The fraction of sp³-hybridized carbons (Fsp3) is 0.190. The molecule has 3 aromatic rings. The number of pyridine rings is 1. The van der Waals surface area contributed by atoms with Gasteiger partial charge in [0.25, 0.3) is 12.4 Å². The first-order valence-corrected chi connectivity index (χ1v) is 9.63. The van der Waals surface area contributed by atoms with Crippen LogP contribution in [0.15, 0.2) is 59.4 Å². The van der Waals surface area contributed by atoms with E-state index in [1.54, 1.807) is 6.20 Å². The molecule has 1 amide bonds. The quantitative estimate of drug-likeness (QED) is 0.660. The first kappa shape index (κ1) is 19.6. The molecule has 0 saturated carbocycles. The van der Waals surface area contributed by atoms with Gasteiger partial charge >= 0.3 is 0 Å². The maximum Gasteiger partial charge on any atom is 0.290 e. The summed E-state index contributed by atoms with van der Waals surface area (Å²) >= 11 is 1.51. The fourth-order valence-electron chi connectivity index (χ4n) is 3.23. The molecular formula is C21H20N2O4S. The standard InChI is InChI=1S/C20H18N2O2S.CH2O2/c1-14-4-6-16(7-5-14)20(22-19(23)15-8-12-25-13-15)9-11-24-17-3-2-10-21-18(17)20;2-1-3/h2-8,10,12-13H,9,11H2,1H3,(H,22,23);1H,(H,2,3)/t20-;/m0./s1. The number of rotatable bonds is 3. The van der Waals surface area contributed by atoms with Crippen LogP contribution in [0.25, 0.3) is 0 Å². The van der Waals surface area contributed by atoms with Crippen LogP contribution in [0.1, 0.15) is 33.6 Å². The molecule has 1 aliphatic heterocycles. The van der Waals surface area contributed by atoms with Crippen molar-refractivity contribution in [3.05, 3.63) is 81.8 Å². The van der Waals surface area contributed by atoms with Crippen molar-refractivity contribution in [2.45, 2.75) is 18.9 Å². The number of carbonyl (C=O) groups excluding carboxylic acids is 1. The second-order valence-corrected chi connectivity index (χ2v) is 7.07. The van der Waals surface area contributed by atoms with Crippen LogP contribution >= 0.6 is 11.3 Å². The molecule has 4 rings (SSSR count). The second kappa shape index (κ2) is 8.67. The third kappa shape index (κ3) is 3.89. The first-order valence-electron chi connectivity index (χ1n) is 8.68. The first-order chi connectivity index (χ1) is 13.6. The van der Waals surface area contributed by atoms with Gasteiger partial charge < -0.3 is 15.2 Å². The zero-order valence-electron chi connectivity index (χ0n) is 15.3. The molecule has 0 spiro atoms. The monoisotopic (exact) mass is 396 g/mol. The summed E-state index contributed by atoms with van der Waals surface area (Å²) < 4.78 is 5.78. The summed E-state index contributed by atoms with van der Waals surface area (Å²) in [7, 11) is 0. The van der Waals surface area contributed by atoms with Crippen molar-refractivity contribution in [1.29, 1.82) is 0 Å². The lowest BCUT2D eigenvalue weighted by Crippen LogP contribution is -2.50. The smallest absolute Gasteiger partial charge is 0.290 e. The van der Waals surface area contributed by atoms with Gasteiger partial charge in [0.1, 0.15) is 17.0 Å². The molecule has 0 bridgehead atoms. The molecular weight excluding hydrogens is 376 g/mol. The lowest BCUT2D eigenvalue weighted by molar-refractivity contribution is -0.122. The lowest BCUT2D eigenvalue weighted by atomic mass is 9.81. The molecule has 2 aromatic heterocycles. The van der Waals surface area contributed by atoms with Crippen molar-refractivity contribution in [3.8, 4) is 5.75 Å². The Morgan fingerprint density at radius 1 is 1.29 bits per heavy atom. The predicted octanol–water partition coefficient (Wildman–Crippen LogP) is 3.61. The van der Waals surface area contributed by atoms with Crippen LogP contribution in [-0.4, -0.2) is 29.1 Å². The van der Waals surface area contributed by atoms with Crippen LogP contribution in [0.3, 0.4) is 0 Å². The van der Waals surface area contributed by atoms with Crippen LogP contribution in [0.4, 0.5) is 0 Å². The van der Waals surface area contributed by atoms with Gasteiger partial charge in [-0.15, -0.1) is 0 Å². The highest BCUT2D eigenvalue weighted by atomic mass is 32.1. The SMILES string of the molecule is Cc1ccc([C@@]2(NC(=O)c3ccsc3)CCOc3cccnc32)cc1.O=CO. The minimum atomic E-state index is -0.693. The van der Waals surface area contributed by atoms with Gasteiger partial charge in [-0.05, 0) is 36.1 Å². The fourth-order valence-corrected chi connectivity index (χ4v) is 3.87. The van der Waals surface area contributed by atoms with Crippen molar-refractivity contribution in [2.24, 2.45) is 0 Å². The average molecular weight is 396 g/mol. The molecule has 6 nitrogen and oxygen atoms in total. The van der Waals surface area contributed by atoms with E-state index in [0.29, 0.717) is 18.6 Å². The number of nitrogens with one attached hydrogen (secondary N) is 1. The Morgan fingerprint density at radius 3 is 2.71 bits per heavy atom. The van der Waals surface area contributed by atoms with Crippen LogP contribution in [0, 0.1) is 6.92 Å². The van der Waals surface area contributed by atoms with E-state index in [9.17, 15) is 4.79 Å². The minimum Gasteiger partial charge on any atom is -0.491 e. The van der Waals surface area contributed by atoms with E-state index in [2.05, 4.69) is 41.5 Å². The number of hydrogen-bond donors (Lipinski definition) is 2. The highest BCUT2D eigenvalue weighted by molar-refractivity contribution is 7.08. The Labute approximate surface area is 166 Å². The van der Waals surface area contributed by atoms with Gasteiger partial charge in [0, 0.05) is 18.0 Å². The Hall–Kier alpha value is -3.19. The van der Waals surface area contributed by atoms with E-state index >= 15 is 0 Å². The summed E-state index contributed by atoms with van der Waals surface area (Å²) in [5.74, 6) is 0.625. The Kier molecular flexibility index (Phi) is 6.06. The third-order valence-electron chi connectivity index (χ3n) is 4.56. The number of aryl methyl sites for hydroxylation is 1. The normalized spacial score (nSPS) is 17.3. The van der Waals surface area contributed by atoms with Gasteiger partial charge in [-0.1, -0.05) is 29.8 Å². The molecule has 0 radical (unpaired) electrons. The average Bonchev–Trinajstić information content (AvgIpc) is 3.24.